The molecule has 15 heavy (non-hydrogen) atoms. The van der Waals surface area contributed by atoms with Crippen LogP contribution in [-0.4, -0.2) is 26.4 Å². The number of hydrogen-bond donors (Lipinski definition) is 0. The summed E-state index contributed by atoms with van der Waals surface area (Å²) in [6.07, 6.45) is 9.66. The van der Waals surface area contributed by atoms with Crippen molar-refractivity contribution < 1.29 is 34.0 Å². The molecule has 0 bridgehead atoms. The van der Waals surface area contributed by atoms with Gasteiger partial charge in [-0.1, -0.05) is 0 Å². The average Bonchev–Trinajstić information content (AvgIpc) is 2.87. The second-order valence-electron chi connectivity index (χ2n) is 5.17. The molecular weight excluding hydrogens is 377 g/mol. The molecule has 0 N–H and O–H groups in total. The van der Waals surface area contributed by atoms with Crippen LogP contribution in [0.2, 0.25) is 6.85 Å². The van der Waals surface area contributed by atoms with E-state index in [0.717, 1.165) is 6.85 Å². The molecule has 2 rings (SSSR count). The molecule has 2 aliphatic carbocycles. The molecule has 0 aromatic carbocycles. The molecule has 2 fully saturated rings. The zero-order chi connectivity index (χ0) is 10.7. The van der Waals surface area contributed by atoms with Crippen LogP contribution in [0.4, 0.5) is 0 Å². The standard InChI is InChI=1S/2C6H11O.Hg/c2*1-7-6-4-2-3-5-6;/h2*4,6H,2-3,5H2,1H3;. The molecule has 0 saturated heterocycles. The van der Waals surface area contributed by atoms with E-state index in [1.54, 1.807) is 0 Å². The van der Waals surface area contributed by atoms with Gasteiger partial charge in [-0.25, -0.2) is 0 Å². The maximum atomic E-state index is 5.62. The summed E-state index contributed by atoms with van der Waals surface area (Å²) < 4.78 is 13.3. The second-order valence-corrected chi connectivity index (χ2v) is 15.2. The topological polar surface area (TPSA) is 18.5 Å². The molecule has 2 aliphatic rings. The minimum atomic E-state index is -0.802. The molecule has 3 heteroatoms. The summed E-state index contributed by atoms with van der Waals surface area (Å²) in [5.74, 6) is 0. The van der Waals surface area contributed by atoms with Gasteiger partial charge in [-0.05, 0) is 0 Å². The fraction of sp³-hybridized carbons (Fsp3) is 1.00. The van der Waals surface area contributed by atoms with E-state index in [-0.39, 0.29) is 0 Å². The van der Waals surface area contributed by atoms with Gasteiger partial charge in [0.15, 0.2) is 0 Å². The summed E-state index contributed by atoms with van der Waals surface area (Å²) in [6, 6.07) is 0. The molecule has 2 nitrogen and oxygen atoms in total. The van der Waals surface area contributed by atoms with E-state index in [2.05, 4.69) is 0 Å². The maximum absolute atomic E-state index is 5.62. The predicted molar refractivity (Wildman–Crippen MR) is 56.8 cm³/mol. The van der Waals surface area contributed by atoms with Crippen molar-refractivity contribution >= 4 is 0 Å². The molecular formula is C12H22HgO2. The van der Waals surface area contributed by atoms with E-state index in [1.165, 1.54) is 38.5 Å². The van der Waals surface area contributed by atoms with Gasteiger partial charge >= 0.3 is 106 Å². The molecule has 0 spiro atoms. The van der Waals surface area contributed by atoms with Gasteiger partial charge in [0.2, 0.25) is 0 Å². The quantitative estimate of drug-likeness (QED) is 0.678. The van der Waals surface area contributed by atoms with E-state index >= 15 is 0 Å². The van der Waals surface area contributed by atoms with Crippen LogP contribution in [0.3, 0.4) is 0 Å². The SMILES string of the molecule is COC1CCC[CH]1[Hg][CH]1CCCC1OC. The van der Waals surface area contributed by atoms with Crippen LogP contribution in [0.5, 0.6) is 0 Å². The summed E-state index contributed by atoms with van der Waals surface area (Å²) in [7, 11) is 3.80. The summed E-state index contributed by atoms with van der Waals surface area (Å²) in [5.41, 5.74) is 0. The van der Waals surface area contributed by atoms with E-state index in [4.69, 9.17) is 9.47 Å². The van der Waals surface area contributed by atoms with Crippen molar-refractivity contribution in [2.24, 2.45) is 0 Å². The molecule has 4 unspecified atom stereocenters. The van der Waals surface area contributed by atoms with Crippen molar-refractivity contribution in [3.63, 3.8) is 0 Å². The second kappa shape index (κ2) is 5.97. The zero-order valence-corrected chi connectivity index (χ0v) is 15.6. The monoisotopic (exact) mass is 400 g/mol. The third kappa shape index (κ3) is 2.95. The summed E-state index contributed by atoms with van der Waals surface area (Å²) in [5, 5.41) is 0. The molecule has 0 aliphatic heterocycles. The predicted octanol–water partition coefficient (Wildman–Crippen LogP) is 3.04. The van der Waals surface area contributed by atoms with Crippen molar-refractivity contribution in [1.29, 1.82) is 0 Å². The van der Waals surface area contributed by atoms with Gasteiger partial charge in [-0.2, -0.15) is 0 Å². The summed E-state index contributed by atoms with van der Waals surface area (Å²) >= 11 is -0.802. The van der Waals surface area contributed by atoms with Gasteiger partial charge in [0.25, 0.3) is 0 Å². The number of ether oxygens (including phenoxy) is 2. The van der Waals surface area contributed by atoms with E-state index in [1.807, 2.05) is 14.2 Å². The molecule has 4 atom stereocenters. The Morgan fingerprint density at radius 1 is 0.800 bits per heavy atom. The molecule has 84 valence electrons. The van der Waals surface area contributed by atoms with Crippen molar-refractivity contribution in [2.45, 2.75) is 57.6 Å². The molecule has 0 heterocycles. The van der Waals surface area contributed by atoms with Crippen molar-refractivity contribution in [2.75, 3.05) is 14.2 Å². The van der Waals surface area contributed by atoms with Crippen LogP contribution in [-0.2, 0) is 34.0 Å². The van der Waals surface area contributed by atoms with Crippen LogP contribution >= 0.6 is 0 Å². The van der Waals surface area contributed by atoms with E-state index in [0.29, 0.717) is 12.2 Å². The Hall–Kier alpha value is 0.855. The van der Waals surface area contributed by atoms with Gasteiger partial charge in [0.1, 0.15) is 0 Å². The number of methoxy groups -OCH3 is 2. The molecule has 0 aromatic heterocycles. The van der Waals surface area contributed by atoms with Gasteiger partial charge in [-0.15, -0.1) is 0 Å². The molecule has 0 amide bonds. The molecule has 2 saturated carbocycles. The third-order valence-electron chi connectivity index (χ3n) is 4.39. The Bertz CT molecular complexity index is 178. The van der Waals surface area contributed by atoms with Crippen LogP contribution in [0.1, 0.15) is 38.5 Å². The van der Waals surface area contributed by atoms with Crippen molar-refractivity contribution in [3.05, 3.63) is 0 Å². The first kappa shape index (κ1) is 12.3. The first-order valence-electron chi connectivity index (χ1n) is 6.40. The van der Waals surface area contributed by atoms with E-state index < -0.39 is 24.6 Å². The normalized spacial score (nSPS) is 40.7. The number of hydrogen-bond acceptors (Lipinski definition) is 2. The Balaban J connectivity index is 1.84. The average molecular weight is 399 g/mol. The zero-order valence-electron chi connectivity index (χ0n) is 10.1. The van der Waals surface area contributed by atoms with Gasteiger partial charge in [-0.3, -0.25) is 0 Å². The van der Waals surface area contributed by atoms with Crippen LogP contribution in [0.15, 0.2) is 0 Å². The first-order valence-corrected chi connectivity index (χ1v) is 12.8. The molecule has 0 aromatic rings. The van der Waals surface area contributed by atoms with Crippen LogP contribution < -0.4 is 0 Å². The summed E-state index contributed by atoms with van der Waals surface area (Å²) in [4.78, 5) is 0. The van der Waals surface area contributed by atoms with Crippen molar-refractivity contribution in [1.82, 2.24) is 0 Å². The van der Waals surface area contributed by atoms with Gasteiger partial charge in [0, 0.05) is 0 Å². The minimum absolute atomic E-state index is 0.629. The first-order chi connectivity index (χ1) is 7.35. The third-order valence-corrected chi connectivity index (χ3v) is 16.4. The van der Waals surface area contributed by atoms with Gasteiger partial charge < -0.3 is 0 Å². The Morgan fingerprint density at radius 3 is 1.67 bits per heavy atom. The fourth-order valence-corrected chi connectivity index (χ4v) is 16.3. The molecule has 0 radical (unpaired) electrons. The fourth-order valence-electron chi connectivity index (χ4n) is 3.55. The Labute approximate surface area is 106 Å². The Kier molecular flexibility index (Phi) is 4.90. The number of rotatable bonds is 4. The van der Waals surface area contributed by atoms with Crippen LogP contribution in [0, 0.1) is 0 Å². The van der Waals surface area contributed by atoms with E-state index in [9.17, 15) is 0 Å². The summed E-state index contributed by atoms with van der Waals surface area (Å²) in [6.45, 7) is 0. The van der Waals surface area contributed by atoms with Crippen LogP contribution in [0.25, 0.3) is 0 Å². The Morgan fingerprint density at radius 2 is 1.27 bits per heavy atom. The van der Waals surface area contributed by atoms with Gasteiger partial charge in [0.05, 0.1) is 0 Å². The van der Waals surface area contributed by atoms with Crippen molar-refractivity contribution in [3.8, 4) is 0 Å².